The first-order chi connectivity index (χ1) is 20.9. The van der Waals surface area contributed by atoms with Gasteiger partial charge < -0.3 is 15.4 Å². The molecule has 0 spiro atoms. The highest BCUT2D eigenvalue weighted by molar-refractivity contribution is 6.05. The molecule has 6 heteroatoms. The fourth-order valence-corrected chi connectivity index (χ4v) is 10.9. The minimum Gasteiger partial charge on any atom is -0.478 e. The number of rotatable bonds is 9. The van der Waals surface area contributed by atoms with E-state index in [0.29, 0.717) is 40.1 Å². The van der Waals surface area contributed by atoms with Gasteiger partial charge in [-0.25, -0.2) is 9.78 Å². The van der Waals surface area contributed by atoms with Crippen molar-refractivity contribution >= 4 is 17.6 Å². The van der Waals surface area contributed by atoms with Crippen LogP contribution in [0.5, 0.6) is 0 Å². The molecule has 1 aromatic heterocycles. The summed E-state index contributed by atoms with van der Waals surface area (Å²) in [5, 5.41) is 12.7. The normalized spacial score (nSPS) is 29.3. The standard InChI is InChI=1S/C37H51N3O3/c1-23-29(36(42)43)13-8-14-30(23)39-35(41)33-31(15-16-37-20-24-17-25(21-37)19-26(18-24)22-37)38-34(40-33)32(27-9-4-2-5-10-27)28-11-6-3-7-12-28/h8,13-14,24-28,32H,2-7,9-12,15-22H2,1H3,(H,38,40)(H,39,41)(H,42,43). The van der Waals surface area contributed by atoms with Gasteiger partial charge in [0, 0.05) is 17.3 Å². The number of anilines is 1. The zero-order valence-corrected chi connectivity index (χ0v) is 26.1. The second-order valence-corrected chi connectivity index (χ2v) is 15.4. The van der Waals surface area contributed by atoms with Gasteiger partial charge in [0.05, 0.1) is 5.56 Å². The number of aryl methyl sites for hydroxylation is 1. The first kappa shape index (κ1) is 29.1. The topological polar surface area (TPSA) is 95.1 Å². The van der Waals surface area contributed by atoms with Crippen LogP contribution in [0.4, 0.5) is 5.69 Å². The van der Waals surface area contributed by atoms with Crippen molar-refractivity contribution in [1.29, 1.82) is 0 Å². The molecule has 6 fully saturated rings. The molecule has 232 valence electrons. The summed E-state index contributed by atoms with van der Waals surface area (Å²) in [6.45, 7) is 1.77. The van der Waals surface area contributed by atoms with Crippen molar-refractivity contribution in [1.82, 2.24) is 9.97 Å². The number of nitrogens with zero attached hydrogens (tertiary/aromatic N) is 1. The van der Waals surface area contributed by atoms with E-state index in [4.69, 9.17) is 4.98 Å². The molecule has 0 aliphatic heterocycles. The Labute approximate surface area is 257 Å². The van der Waals surface area contributed by atoms with Gasteiger partial charge in [-0.2, -0.15) is 0 Å². The molecule has 1 heterocycles. The number of imidazole rings is 1. The second-order valence-electron chi connectivity index (χ2n) is 15.4. The second kappa shape index (κ2) is 12.0. The monoisotopic (exact) mass is 585 g/mol. The number of aromatic carboxylic acids is 1. The van der Waals surface area contributed by atoms with Crippen LogP contribution in [-0.4, -0.2) is 27.0 Å². The highest BCUT2D eigenvalue weighted by Crippen LogP contribution is 2.61. The van der Waals surface area contributed by atoms with E-state index < -0.39 is 5.97 Å². The number of aromatic amines is 1. The summed E-state index contributed by atoms with van der Waals surface area (Å²) >= 11 is 0. The maximum atomic E-state index is 14.0. The number of carbonyl (C=O) groups is 2. The zero-order chi connectivity index (χ0) is 29.6. The number of carbonyl (C=O) groups excluding carboxylic acids is 1. The van der Waals surface area contributed by atoms with Gasteiger partial charge in [0.2, 0.25) is 0 Å². The number of carboxylic acids is 1. The first-order valence-corrected chi connectivity index (χ1v) is 17.6. The van der Waals surface area contributed by atoms with Crippen LogP contribution in [0.25, 0.3) is 0 Å². The number of hydrogen-bond acceptors (Lipinski definition) is 3. The molecular weight excluding hydrogens is 534 g/mol. The van der Waals surface area contributed by atoms with Crippen molar-refractivity contribution in [2.24, 2.45) is 35.0 Å². The molecule has 6 saturated carbocycles. The van der Waals surface area contributed by atoms with Crippen LogP contribution >= 0.6 is 0 Å². The van der Waals surface area contributed by atoms with E-state index in [1.807, 2.05) is 0 Å². The van der Waals surface area contributed by atoms with E-state index >= 15 is 0 Å². The fraction of sp³-hybridized carbons (Fsp3) is 0.703. The molecule has 8 rings (SSSR count). The molecule has 43 heavy (non-hydrogen) atoms. The van der Waals surface area contributed by atoms with E-state index in [2.05, 4.69) is 10.3 Å². The van der Waals surface area contributed by atoms with Crippen molar-refractivity contribution in [3.05, 3.63) is 46.5 Å². The number of nitrogens with one attached hydrogen (secondary N) is 2. The third-order valence-corrected chi connectivity index (χ3v) is 12.5. The molecule has 0 radical (unpaired) electrons. The Hall–Kier alpha value is -2.63. The maximum absolute atomic E-state index is 14.0. The van der Waals surface area contributed by atoms with Gasteiger partial charge in [0.1, 0.15) is 11.5 Å². The fourth-order valence-electron chi connectivity index (χ4n) is 10.9. The van der Waals surface area contributed by atoms with Crippen molar-refractivity contribution in [3.63, 3.8) is 0 Å². The van der Waals surface area contributed by atoms with Crippen LogP contribution < -0.4 is 5.32 Å². The van der Waals surface area contributed by atoms with E-state index in [1.54, 1.807) is 25.1 Å². The van der Waals surface area contributed by atoms with Crippen LogP contribution in [0.15, 0.2) is 18.2 Å². The first-order valence-electron chi connectivity index (χ1n) is 17.6. The van der Waals surface area contributed by atoms with Crippen molar-refractivity contribution in [3.8, 4) is 0 Å². The van der Waals surface area contributed by atoms with E-state index in [0.717, 1.165) is 42.1 Å². The average Bonchev–Trinajstić information content (AvgIpc) is 3.41. The third kappa shape index (κ3) is 5.92. The van der Waals surface area contributed by atoms with Gasteiger partial charge >= 0.3 is 5.97 Å². The highest BCUT2D eigenvalue weighted by Gasteiger charge is 2.50. The van der Waals surface area contributed by atoms with Crippen LogP contribution in [0.2, 0.25) is 0 Å². The minimum atomic E-state index is -0.977. The Bertz CT molecular complexity index is 1280. The van der Waals surface area contributed by atoms with Crippen LogP contribution in [-0.2, 0) is 6.42 Å². The Balaban J connectivity index is 1.20. The Morgan fingerprint density at radius 3 is 2.07 bits per heavy atom. The summed E-state index contributed by atoms with van der Waals surface area (Å²) in [4.78, 5) is 34.9. The lowest BCUT2D eigenvalue weighted by molar-refractivity contribution is -0.0570. The lowest BCUT2D eigenvalue weighted by atomic mass is 9.48. The number of H-pyrrole nitrogens is 1. The van der Waals surface area contributed by atoms with Crippen molar-refractivity contribution in [2.75, 3.05) is 5.32 Å². The van der Waals surface area contributed by atoms with E-state index in [9.17, 15) is 14.7 Å². The molecule has 0 unspecified atom stereocenters. The lowest BCUT2D eigenvalue weighted by Crippen LogP contribution is -2.46. The molecule has 2 aromatic rings. The number of hydrogen-bond donors (Lipinski definition) is 3. The van der Waals surface area contributed by atoms with Crippen LogP contribution in [0.1, 0.15) is 153 Å². The summed E-state index contributed by atoms with van der Waals surface area (Å²) in [7, 11) is 0. The summed E-state index contributed by atoms with van der Waals surface area (Å²) in [5.74, 6) is 4.30. The molecule has 6 aliphatic carbocycles. The molecule has 4 bridgehead atoms. The highest BCUT2D eigenvalue weighted by atomic mass is 16.4. The molecule has 3 N–H and O–H groups in total. The largest absolute Gasteiger partial charge is 0.478 e. The smallest absolute Gasteiger partial charge is 0.336 e. The molecule has 6 nitrogen and oxygen atoms in total. The van der Waals surface area contributed by atoms with E-state index in [-0.39, 0.29) is 11.5 Å². The summed E-state index contributed by atoms with van der Waals surface area (Å²) < 4.78 is 0. The number of carboxylic acid groups (broad SMARTS) is 1. The van der Waals surface area contributed by atoms with Gasteiger partial charge in [-0.05, 0) is 137 Å². The number of benzene rings is 1. The molecule has 1 amide bonds. The predicted molar refractivity (Wildman–Crippen MR) is 169 cm³/mol. The lowest BCUT2D eigenvalue weighted by Gasteiger charge is -2.57. The molecule has 6 aliphatic rings. The van der Waals surface area contributed by atoms with E-state index in [1.165, 1.54) is 103 Å². The quantitative estimate of drug-likeness (QED) is 0.274. The maximum Gasteiger partial charge on any atom is 0.336 e. The Morgan fingerprint density at radius 2 is 1.51 bits per heavy atom. The van der Waals surface area contributed by atoms with Gasteiger partial charge in [0.15, 0.2) is 0 Å². The number of aromatic nitrogens is 2. The van der Waals surface area contributed by atoms with Crippen molar-refractivity contribution < 1.29 is 14.7 Å². The van der Waals surface area contributed by atoms with Gasteiger partial charge in [-0.3, -0.25) is 4.79 Å². The molecule has 0 atom stereocenters. The predicted octanol–water partition coefficient (Wildman–Crippen LogP) is 9.06. The van der Waals surface area contributed by atoms with Gasteiger partial charge in [-0.1, -0.05) is 44.6 Å². The van der Waals surface area contributed by atoms with Gasteiger partial charge in [-0.15, -0.1) is 0 Å². The Morgan fingerprint density at radius 1 is 0.930 bits per heavy atom. The Kier molecular flexibility index (Phi) is 8.15. The van der Waals surface area contributed by atoms with Gasteiger partial charge in [0.25, 0.3) is 5.91 Å². The average molecular weight is 586 g/mol. The SMILES string of the molecule is Cc1c(NC(=O)c2nc(C(C3CCCCC3)C3CCCCC3)[nH]c2CCC23CC4CC(CC(C4)C2)C3)cccc1C(=O)O. The summed E-state index contributed by atoms with van der Waals surface area (Å²) in [6.07, 6.45) is 23.4. The third-order valence-electron chi connectivity index (χ3n) is 12.5. The summed E-state index contributed by atoms with van der Waals surface area (Å²) in [6, 6.07) is 5.10. The molecule has 1 aromatic carbocycles. The number of amides is 1. The molecular formula is C37H51N3O3. The van der Waals surface area contributed by atoms with Crippen LogP contribution in [0.3, 0.4) is 0 Å². The van der Waals surface area contributed by atoms with Crippen molar-refractivity contribution in [2.45, 2.75) is 128 Å². The zero-order valence-electron chi connectivity index (χ0n) is 26.1. The summed E-state index contributed by atoms with van der Waals surface area (Å²) in [5.41, 5.74) is 3.33. The van der Waals surface area contributed by atoms with Crippen LogP contribution in [0, 0.1) is 41.9 Å². The minimum absolute atomic E-state index is 0.209. The molecule has 0 saturated heterocycles.